The predicted molar refractivity (Wildman–Crippen MR) is 222 cm³/mol. The maximum atomic E-state index is 13.8. The summed E-state index contributed by atoms with van der Waals surface area (Å²) in [5.74, 6) is 0.445. The Morgan fingerprint density at radius 3 is 2.46 bits per heavy atom. The van der Waals surface area contributed by atoms with Crippen LogP contribution in [0.2, 0.25) is 0 Å². The number of hydrogen-bond acceptors (Lipinski definition) is 8. The highest BCUT2D eigenvalue weighted by Crippen LogP contribution is 2.47. The third kappa shape index (κ3) is 10.6. The van der Waals surface area contributed by atoms with Crippen molar-refractivity contribution in [3.8, 4) is 17.2 Å². The van der Waals surface area contributed by atoms with Crippen LogP contribution in [0.15, 0.2) is 126 Å². The molecule has 8 nitrogen and oxygen atoms in total. The number of fused-ring (bicyclic) bond motifs is 1. The fraction of sp³-hybridized carbons (Fsp3) is 0.333. The molecular formula is C48H54N3O5-. The monoisotopic (exact) mass is 752 g/mol. The third-order valence-electron chi connectivity index (χ3n) is 11.1. The van der Waals surface area contributed by atoms with Crippen molar-refractivity contribution >= 4 is 12.0 Å². The van der Waals surface area contributed by atoms with E-state index in [4.69, 9.17) is 16.2 Å². The van der Waals surface area contributed by atoms with Gasteiger partial charge in [0.25, 0.3) is 0 Å². The number of aromatic hydroxyl groups is 2. The van der Waals surface area contributed by atoms with Crippen LogP contribution in [0.4, 0.5) is 0 Å². The number of phenolic OH excluding ortho intramolecular Hbond substituents is 2. The highest BCUT2D eigenvalue weighted by atomic mass is 16.5. The van der Waals surface area contributed by atoms with Gasteiger partial charge in [0.1, 0.15) is 5.75 Å². The molecule has 56 heavy (non-hydrogen) atoms. The number of nitrogens with two attached hydrogens (primary N) is 2. The normalized spacial score (nSPS) is 17.7. The third-order valence-corrected chi connectivity index (χ3v) is 11.1. The Morgan fingerprint density at radius 2 is 1.70 bits per heavy atom. The molecule has 0 amide bonds. The summed E-state index contributed by atoms with van der Waals surface area (Å²) in [4.78, 5) is 16.7. The van der Waals surface area contributed by atoms with Crippen molar-refractivity contribution in [3.05, 3.63) is 160 Å². The van der Waals surface area contributed by atoms with Crippen LogP contribution in [0.1, 0.15) is 96.5 Å². The first-order valence-corrected chi connectivity index (χ1v) is 19.9. The zero-order valence-corrected chi connectivity index (χ0v) is 32.3. The maximum Gasteiger partial charge on any atom is 0.161 e. The van der Waals surface area contributed by atoms with Gasteiger partial charge in [-0.25, -0.2) is 0 Å². The summed E-state index contributed by atoms with van der Waals surface area (Å²) in [5.41, 5.74) is 19.3. The van der Waals surface area contributed by atoms with Gasteiger partial charge in [0.2, 0.25) is 0 Å². The number of rotatable bonds is 18. The summed E-state index contributed by atoms with van der Waals surface area (Å²) >= 11 is 0. The van der Waals surface area contributed by atoms with E-state index in [0.717, 1.165) is 53.5 Å². The van der Waals surface area contributed by atoms with E-state index >= 15 is 0 Å². The van der Waals surface area contributed by atoms with Gasteiger partial charge in [0.15, 0.2) is 17.3 Å². The molecule has 0 spiro atoms. The first-order valence-electron chi connectivity index (χ1n) is 19.9. The van der Waals surface area contributed by atoms with Crippen LogP contribution in [0.25, 0.3) is 0 Å². The van der Waals surface area contributed by atoms with E-state index in [1.165, 1.54) is 12.0 Å². The number of aryl methyl sites for hydroxylation is 3. The van der Waals surface area contributed by atoms with Crippen molar-refractivity contribution in [2.24, 2.45) is 28.3 Å². The molecular weight excluding hydrogens is 699 g/mol. The predicted octanol–water partition coefficient (Wildman–Crippen LogP) is 8.04. The van der Waals surface area contributed by atoms with E-state index in [1.54, 1.807) is 42.8 Å². The fourth-order valence-electron chi connectivity index (χ4n) is 7.83. The van der Waals surface area contributed by atoms with E-state index in [1.807, 2.05) is 42.5 Å². The van der Waals surface area contributed by atoms with Crippen molar-refractivity contribution < 1.29 is 24.9 Å². The summed E-state index contributed by atoms with van der Waals surface area (Å²) in [6.45, 7) is 2.57. The van der Waals surface area contributed by atoms with Crippen LogP contribution in [0, 0.1) is 11.8 Å². The van der Waals surface area contributed by atoms with E-state index < -0.39 is 12.1 Å². The first-order chi connectivity index (χ1) is 27.2. The van der Waals surface area contributed by atoms with Crippen LogP contribution < -0.4 is 21.3 Å². The van der Waals surface area contributed by atoms with Crippen molar-refractivity contribution in [1.29, 1.82) is 0 Å². The first kappa shape index (κ1) is 40.2. The molecule has 1 aliphatic carbocycles. The molecule has 6 rings (SSSR count). The Hall–Kier alpha value is -5.44. The summed E-state index contributed by atoms with van der Waals surface area (Å²) in [7, 11) is 0. The van der Waals surface area contributed by atoms with E-state index in [9.17, 15) is 20.1 Å². The second-order valence-corrected chi connectivity index (χ2v) is 15.2. The van der Waals surface area contributed by atoms with E-state index in [2.05, 4.69) is 42.2 Å². The number of ketones is 1. The number of allylic oxidation sites excluding steroid dienone is 5. The molecule has 0 aromatic heterocycles. The fourth-order valence-corrected chi connectivity index (χ4v) is 7.83. The molecule has 8 heteroatoms. The lowest BCUT2D eigenvalue weighted by molar-refractivity contribution is -0.317. The Bertz CT molecular complexity index is 2070. The van der Waals surface area contributed by atoms with Gasteiger partial charge in [-0.3, -0.25) is 9.79 Å². The Kier molecular flexibility index (Phi) is 14.0. The van der Waals surface area contributed by atoms with Gasteiger partial charge in [-0.15, -0.1) is 5.76 Å². The highest BCUT2D eigenvalue weighted by Gasteiger charge is 2.33. The molecule has 1 heterocycles. The number of aliphatic imine (C=N–C) groups is 1. The van der Waals surface area contributed by atoms with Gasteiger partial charge in [-0.1, -0.05) is 86.2 Å². The largest absolute Gasteiger partial charge is 0.875 e. The van der Waals surface area contributed by atoms with E-state index in [-0.39, 0.29) is 35.6 Å². The zero-order chi connectivity index (χ0) is 39.4. The molecule has 292 valence electrons. The number of benzene rings is 4. The molecule has 4 aromatic rings. The molecule has 3 atom stereocenters. The Morgan fingerprint density at radius 1 is 0.911 bits per heavy atom. The van der Waals surface area contributed by atoms with Gasteiger partial charge in [-0.2, -0.15) is 0 Å². The minimum absolute atomic E-state index is 0.00523. The lowest BCUT2D eigenvalue weighted by atomic mass is 9.69. The van der Waals surface area contributed by atoms with Crippen molar-refractivity contribution in [3.63, 3.8) is 0 Å². The molecule has 0 saturated carbocycles. The average molecular weight is 753 g/mol. The van der Waals surface area contributed by atoms with Crippen molar-refractivity contribution in [2.75, 3.05) is 6.61 Å². The zero-order valence-electron chi connectivity index (χ0n) is 32.3. The molecule has 4 aromatic carbocycles. The van der Waals surface area contributed by atoms with Crippen LogP contribution in [-0.2, 0) is 30.5 Å². The SMILES string of the molecule is CC(CCCC=CC(=O)CCc1ccc(O)c(OCCc2ccc(O)c(C3c4ccc(C(N)N)cc4CCC3C([O-])=C3C=CN=C3)c2)c1)CCc1ccccc1. The lowest BCUT2D eigenvalue weighted by Crippen LogP contribution is -2.30. The molecule has 0 radical (unpaired) electrons. The number of carbonyl (C=O) groups excluding carboxylic acids is 1. The van der Waals surface area contributed by atoms with Crippen LogP contribution in [0.3, 0.4) is 0 Å². The van der Waals surface area contributed by atoms with Gasteiger partial charge < -0.3 is 31.5 Å². The summed E-state index contributed by atoms with van der Waals surface area (Å²) in [6, 6.07) is 27.2. The molecule has 1 aliphatic heterocycles. The summed E-state index contributed by atoms with van der Waals surface area (Å²) < 4.78 is 6.06. The standard InChI is InChI=1S/C48H55N3O5/c1-32(12-13-33-9-5-3-6-10-33)8-4-2-7-11-39(52)19-14-34-16-23-44(54)45(29-34)56-27-25-35-15-22-43(53)42(28-35)46-40-20-18-37(48(49)50)30-36(40)17-21-41(46)47(55)38-24-26-51-31-38/h3,5-7,9-11,15-16,18,20,22-24,26,28-32,41,46,48,53-55H,2,4,8,12-14,17,19,21,25,27,49-50H2,1H3/p-1. The van der Waals surface area contributed by atoms with Gasteiger partial charge >= 0.3 is 0 Å². The summed E-state index contributed by atoms with van der Waals surface area (Å²) in [6.07, 6.45) is 16.1. The molecule has 6 N–H and O–H groups in total. The molecule has 0 bridgehead atoms. The van der Waals surface area contributed by atoms with Gasteiger partial charge in [-0.05, 0) is 126 Å². The second-order valence-electron chi connectivity index (χ2n) is 15.2. The van der Waals surface area contributed by atoms with Crippen LogP contribution in [0.5, 0.6) is 17.2 Å². The van der Waals surface area contributed by atoms with Crippen molar-refractivity contribution in [2.45, 2.75) is 83.2 Å². The van der Waals surface area contributed by atoms with Gasteiger partial charge in [0.05, 0.1) is 12.8 Å². The number of hydrogen-bond donors (Lipinski definition) is 4. The molecule has 3 unspecified atom stereocenters. The number of ether oxygens (including phenoxy) is 1. The molecule has 2 aliphatic rings. The molecule has 0 saturated heterocycles. The Labute approximate surface area is 331 Å². The smallest absolute Gasteiger partial charge is 0.161 e. The number of phenols is 2. The van der Waals surface area contributed by atoms with E-state index in [0.29, 0.717) is 54.9 Å². The minimum atomic E-state index is -0.611. The summed E-state index contributed by atoms with van der Waals surface area (Å²) in [5, 5.41) is 35.6. The number of unbranched alkanes of at least 4 members (excludes halogenated alkanes) is 1. The number of carbonyl (C=O) groups is 1. The lowest BCUT2D eigenvalue weighted by Gasteiger charge is -2.39. The minimum Gasteiger partial charge on any atom is -0.875 e. The number of nitrogens with zero attached hydrogens (tertiary/aromatic N) is 1. The van der Waals surface area contributed by atoms with Crippen LogP contribution >= 0.6 is 0 Å². The molecule has 0 fully saturated rings. The van der Waals surface area contributed by atoms with Gasteiger partial charge in [0, 0.05) is 36.7 Å². The van der Waals surface area contributed by atoms with Crippen LogP contribution in [-0.4, -0.2) is 28.8 Å². The topological polar surface area (TPSA) is 154 Å². The average Bonchev–Trinajstić information content (AvgIpc) is 3.76. The Balaban J connectivity index is 1.03. The maximum absolute atomic E-state index is 13.8. The highest BCUT2D eigenvalue weighted by molar-refractivity contribution is 5.89. The second kappa shape index (κ2) is 19.4. The van der Waals surface area contributed by atoms with Crippen molar-refractivity contribution in [1.82, 2.24) is 0 Å². The quantitative estimate of drug-likeness (QED) is 0.0347.